The molecule has 136 valence electrons. The van der Waals surface area contributed by atoms with E-state index in [9.17, 15) is 4.79 Å². The van der Waals surface area contributed by atoms with Gasteiger partial charge in [-0.1, -0.05) is 0 Å². The van der Waals surface area contributed by atoms with Crippen LogP contribution >= 0.6 is 24.8 Å². The van der Waals surface area contributed by atoms with Crippen molar-refractivity contribution in [3.05, 3.63) is 0 Å². The Morgan fingerprint density at radius 2 is 1.61 bits per heavy atom. The van der Waals surface area contributed by atoms with E-state index in [1.54, 1.807) is 0 Å². The zero-order valence-electron chi connectivity index (χ0n) is 13.9. The van der Waals surface area contributed by atoms with Crippen molar-refractivity contribution < 1.29 is 9.53 Å². The normalized spacial score (nSPS) is 23.0. The van der Waals surface area contributed by atoms with Gasteiger partial charge in [0.1, 0.15) is 0 Å². The summed E-state index contributed by atoms with van der Waals surface area (Å²) in [5.41, 5.74) is 0. The molecule has 2 aliphatic heterocycles. The maximum absolute atomic E-state index is 12.1. The van der Waals surface area contributed by atoms with Gasteiger partial charge in [0.25, 0.3) is 0 Å². The number of hydrogen-bond donors (Lipinski definition) is 1. The molecule has 1 N–H and O–H groups in total. The predicted molar refractivity (Wildman–Crippen MR) is 96.7 cm³/mol. The summed E-state index contributed by atoms with van der Waals surface area (Å²) in [5, 5.41) is 3.31. The van der Waals surface area contributed by atoms with Crippen LogP contribution in [0.1, 0.15) is 25.7 Å². The van der Waals surface area contributed by atoms with E-state index < -0.39 is 0 Å². The maximum atomic E-state index is 12.1. The van der Waals surface area contributed by atoms with Crippen LogP contribution in [0.25, 0.3) is 0 Å². The van der Waals surface area contributed by atoms with Crippen molar-refractivity contribution in [2.45, 2.75) is 25.7 Å². The van der Waals surface area contributed by atoms with Crippen molar-refractivity contribution in [1.29, 1.82) is 0 Å². The number of piperidine rings is 1. The van der Waals surface area contributed by atoms with E-state index in [0.29, 0.717) is 12.5 Å². The van der Waals surface area contributed by atoms with Gasteiger partial charge in [0.2, 0.25) is 5.91 Å². The molecule has 0 radical (unpaired) electrons. The second-order valence-corrected chi connectivity index (χ2v) is 6.81. The summed E-state index contributed by atoms with van der Waals surface area (Å²) < 4.78 is 5.39. The molecule has 3 aliphatic rings. The van der Waals surface area contributed by atoms with Gasteiger partial charge < -0.3 is 15.0 Å². The van der Waals surface area contributed by atoms with E-state index in [-0.39, 0.29) is 24.8 Å². The van der Waals surface area contributed by atoms with Gasteiger partial charge in [-0.2, -0.15) is 0 Å². The smallest absolute Gasteiger partial charge is 0.236 e. The highest BCUT2D eigenvalue weighted by Gasteiger charge is 2.25. The number of hydrogen-bond acceptors (Lipinski definition) is 4. The first-order chi connectivity index (χ1) is 10.3. The number of ether oxygens (including phenoxy) is 1. The Balaban J connectivity index is 0.00000132. The van der Waals surface area contributed by atoms with Gasteiger partial charge in [-0.3, -0.25) is 9.69 Å². The van der Waals surface area contributed by atoms with Crippen molar-refractivity contribution in [3.63, 3.8) is 0 Å². The first-order valence-corrected chi connectivity index (χ1v) is 8.60. The van der Waals surface area contributed by atoms with Crippen molar-refractivity contribution >= 4 is 30.7 Å². The third-order valence-corrected chi connectivity index (χ3v) is 4.99. The van der Waals surface area contributed by atoms with Gasteiger partial charge in [-0.15, -0.1) is 24.8 Å². The largest absolute Gasteiger partial charge is 0.379 e. The minimum atomic E-state index is 0. The van der Waals surface area contributed by atoms with Gasteiger partial charge in [0.15, 0.2) is 0 Å². The Bertz CT molecular complexity index is 342. The molecule has 0 spiro atoms. The summed E-state index contributed by atoms with van der Waals surface area (Å²) >= 11 is 0. The standard InChI is InChI=1S/C16H29N3O2.2ClH/c20-16(12-17-11-14-1-2-14)19-5-3-15(4-6-19)13-18-7-9-21-10-8-18;;/h14-15,17H,1-13H2;2*1H. The third-order valence-electron chi connectivity index (χ3n) is 4.99. The Hall–Kier alpha value is -0.0700. The van der Waals surface area contributed by atoms with E-state index in [1.165, 1.54) is 19.4 Å². The molecule has 2 saturated heterocycles. The average molecular weight is 368 g/mol. The van der Waals surface area contributed by atoms with Crippen molar-refractivity contribution in [2.24, 2.45) is 11.8 Å². The second kappa shape index (κ2) is 10.7. The molecule has 5 nitrogen and oxygen atoms in total. The fourth-order valence-corrected chi connectivity index (χ4v) is 3.33. The summed E-state index contributed by atoms with van der Waals surface area (Å²) in [6.45, 7) is 8.54. The number of carbonyl (C=O) groups excluding carboxylic acids is 1. The lowest BCUT2D eigenvalue weighted by molar-refractivity contribution is -0.131. The Labute approximate surface area is 152 Å². The summed E-state index contributed by atoms with van der Waals surface area (Å²) in [6, 6.07) is 0. The van der Waals surface area contributed by atoms with Crippen LogP contribution in [0.15, 0.2) is 0 Å². The van der Waals surface area contributed by atoms with Crippen molar-refractivity contribution in [2.75, 3.05) is 59.0 Å². The van der Waals surface area contributed by atoms with Crippen LogP contribution in [0.2, 0.25) is 0 Å². The SMILES string of the molecule is Cl.Cl.O=C(CNCC1CC1)N1CCC(CN2CCOCC2)CC1. The molecule has 2 heterocycles. The predicted octanol–water partition coefficient (Wildman–Crippen LogP) is 1.40. The highest BCUT2D eigenvalue weighted by Crippen LogP contribution is 2.27. The molecule has 0 atom stereocenters. The van der Waals surface area contributed by atoms with E-state index >= 15 is 0 Å². The maximum Gasteiger partial charge on any atom is 0.236 e. The molecule has 1 aliphatic carbocycles. The highest BCUT2D eigenvalue weighted by molar-refractivity contribution is 5.85. The molecule has 3 rings (SSSR count). The fourth-order valence-electron chi connectivity index (χ4n) is 3.33. The van der Waals surface area contributed by atoms with Crippen LogP contribution in [-0.4, -0.2) is 74.7 Å². The molecule has 1 amide bonds. The summed E-state index contributed by atoms with van der Waals surface area (Å²) in [5.74, 6) is 1.89. The zero-order chi connectivity index (χ0) is 14.5. The summed E-state index contributed by atoms with van der Waals surface area (Å²) in [7, 11) is 0. The number of likely N-dealkylation sites (tertiary alicyclic amines) is 1. The number of halogens is 2. The van der Waals surface area contributed by atoms with Gasteiger partial charge in [-0.05, 0) is 44.1 Å². The van der Waals surface area contributed by atoms with Crippen LogP contribution in [0.4, 0.5) is 0 Å². The van der Waals surface area contributed by atoms with Gasteiger partial charge >= 0.3 is 0 Å². The molecule has 0 aromatic heterocycles. The molecule has 0 aromatic carbocycles. The van der Waals surface area contributed by atoms with Crippen molar-refractivity contribution in [1.82, 2.24) is 15.1 Å². The molecular weight excluding hydrogens is 337 g/mol. The fraction of sp³-hybridized carbons (Fsp3) is 0.938. The number of morpholine rings is 1. The lowest BCUT2D eigenvalue weighted by Gasteiger charge is -2.36. The number of rotatable bonds is 6. The van der Waals surface area contributed by atoms with Crippen LogP contribution in [0.3, 0.4) is 0 Å². The van der Waals surface area contributed by atoms with E-state index in [0.717, 1.165) is 70.6 Å². The van der Waals surface area contributed by atoms with Crippen LogP contribution in [0, 0.1) is 11.8 Å². The minimum absolute atomic E-state index is 0. The summed E-state index contributed by atoms with van der Waals surface area (Å²) in [4.78, 5) is 16.7. The van der Waals surface area contributed by atoms with E-state index in [1.807, 2.05) is 0 Å². The second-order valence-electron chi connectivity index (χ2n) is 6.81. The number of carbonyl (C=O) groups is 1. The first-order valence-electron chi connectivity index (χ1n) is 8.60. The molecular formula is C16H31Cl2N3O2. The van der Waals surface area contributed by atoms with Gasteiger partial charge in [0, 0.05) is 32.7 Å². The number of nitrogens with zero attached hydrogens (tertiary/aromatic N) is 2. The molecule has 0 bridgehead atoms. The minimum Gasteiger partial charge on any atom is -0.379 e. The Morgan fingerprint density at radius 1 is 0.957 bits per heavy atom. The number of nitrogens with one attached hydrogen (secondary N) is 1. The Morgan fingerprint density at radius 3 is 2.22 bits per heavy atom. The molecule has 0 unspecified atom stereocenters. The van der Waals surface area contributed by atoms with Crippen molar-refractivity contribution in [3.8, 4) is 0 Å². The van der Waals surface area contributed by atoms with Gasteiger partial charge in [-0.25, -0.2) is 0 Å². The van der Waals surface area contributed by atoms with E-state index in [4.69, 9.17) is 4.74 Å². The van der Waals surface area contributed by atoms with Gasteiger partial charge in [0.05, 0.1) is 19.8 Å². The molecule has 3 fully saturated rings. The van der Waals surface area contributed by atoms with Crippen LogP contribution in [0.5, 0.6) is 0 Å². The van der Waals surface area contributed by atoms with Crippen LogP contribution in [-0.2, 0) is 9.53 Å². The summed E-state index contributed by atoms with van der Waals surface area (Å²) in [6.07, 6.45) is 5.00. The lowest BCUT2D eigenvalue weighted by Crippen LogP contribution is -2.46. The molecule has 1 saturated carbocycles. The third kappa shape index (κ3) is 7.14. The lowest BCUT2D eigenvalue weighted by atomic mass is 9.96. The quantitative estimate of drug-likeness (QED) is 0.770. The van der Waals surface area contributed by atoms with E-state index in [2.05, 4.69) is 15.1 Å². The van der Waals surface area contributed by atoms with Crippen LogP contribution < -0.4 is 5.32 Å². The topological polar surface area (TPSA) is 44.8 Å². The Kier molecular flexibility index (Phi) is 9.78. The molecule has 23 heavy (non-hydrogen) atoms. The zero-order valence-corrected chi connectivity index (χ0v) is 15.5. The number of amides is 1. The monoisotopic (exact) mass is 367 g/mol. The molecule has 7 heteroatoms. The molecule has 0 aromatic rings. The highest BCUT2D eigenvalue weighted by atomic mass is 35.5. The first kappa shape index (κ1) is 21.0. The average Bonchev–Trinajstić information content (AvgIpc) is 3.33.